The Morgan fingerprint density at radius 1 is 1.17 bits per heavy atom. The van der Waals surface area contributed by atoms with Gasteiger partial charge < -0.3 is 5.11 Å². The van der Waals surface area contributed by atoms with Crippen LogP contribution in [0.4, 0.5) is 0 Å². The van der Waals surface area contributed by atoms with Gasteiger partial charge in [0.2, 0.25) is 0 Å². The van der Waals surface area contributed by atoms with E-state index in [0.29, 0.717) is 5.92 Å². The van der Waals surface area contributed by atoms with Crippen molar-refractivity contribution in [1.82, 2.24) is 9.97 Å². The molecule has 3 nitrogen and oxygen atoms in total. The van der Waals surface area contributed by atoms with Gasteiger partial charge in [0.25, 0.3) is 0 Å². The number of aliphatic hydroxyl groups is 1. The minimum Gasteiger partial charge on any atom is -0.389 e. The van der Waals surface area contributed by atoms with Crippen molar-refractivity contribution >= 4 is 0 Å². The van der Waals surface area contributed by atoms with E-state index in [1.165, 1.54) is 0 Å². The van der Waals surface area contributed by atoms with Crippen LogP contribution in [0.25, 0.3) is 0 Å². The van der Waals surface area contributed by atoms with E-state index in [0.717, 1.165) is 11.4 Å². The molecule has 1 atom stereocenters. The Hall–Kier alpha value is -0.960. The fraction of sp³-hybridized carbons (Fsp3) is 0.556. The molecule has 0 bridgehead atoms. The zero-order valence-corrected chi connectivity index (χ0v) is 7.65. The highest BCUT2D eigenvalue weighted by Gasteiger charge is 2.04. The first-order valence-corrected chi connectivity index (χ1v) is 4.11. The van der Waals surface area contributed by atoms with E-state index in [1.54, 1.807) is 19.3 Å². The molecule has 0 saturated carbocycles. The predicted octanol–water partition coefficient (Wildman–Crippen LogP) is 1.65. The number of aliphatic hydroxyl groups excluding tert-OH is 1. The number of rotatable bonds is 2. The van der Waals surface area contributed by atoms with Gasteiger partial charge in [-0.1, -0.05) is 13.8 Å². The third kappa shape index (κ3) is 2.01. The molecule has 1 rings (SSSR count). The summed E-state index contributed by atoms with van der Waals surface area (Å²) >= 11 is 0. The minimum atomic E-state index is -0.480. The van der Waals surface area contributed by atoms with Crippen molar-refractivity contribution in [3.8, 4) is 0 Å². The monoisotopic (exact) mass is 166 g/mol. The van der Waals surface area contributed by atoms with Crippen LogP contribution in [-0.4, -0.2) is 15.1 Å². The highest BCUT2D eigenvalue weighted by molar-refractivity contribution is 5.08. The average Bonchev–Trinajstić information content (AvgIpc) is 2.04. The molecule has 1 heterocycles. The van der Waals surface area contributed by atoms with Gasteiger partial charge in [-0.25, -0.2) is 9.97 Å². The Morgan fingerprint density at radius 3 is 2.00 bits per heavy atom. The first kappa shape index (κ1) is 9.13. The van der Waals surface area contributed by atoms with Gasteiger partial charge in [-0.15, -0.1) is 0 Å². The summed E-state index contributed by atoms with van der Waals surface area (Å²) in [6, 6.07) is 0. The molecule has 0 spiro atoms. The lowest BCUT2D eigenvalue weighted by Gasteiger charge is -2.05. The van der Waals surface area contributed by atoms with Crippen molar-refractivity contribution in [2.75, 3.05) is 0 Å². The Balaban J connectivity index is 2.86. The quantitative estimate of drug-likeness (QED) is 0.726. The van der Waals surface area contributed by atoms with E-state index in [4.69, 9.17) is 0 Å². The second-order valence-electron chi connectivity index (χ2n) is 3.21. The van der Waals surface area contributed by atoms with Crippen molar-refractivity contribution in [2.45, 2.75) is 32.8 Å². The molecule has 66 valence electrons. The molecule has 0 aliphatic rings. The zero-order chi connectivity index (χ0) is 9.14. The molecule has 1 aromatic rings. The standard InChI is InChI=1S/C9H14N2O/c1-6(2)9-10-4-8(5-11-9)7(3)12/h4-7,12H,1-3H3. The van der Waals surface area contributed by atoms with Crippen LogP contribution in [0.5, 0.6) is 0 Å². The smallest absolute Gasteiger partial charge is 0.130 e. The fourth-order valence-electron chi connectivity index (χ4n) is 0.862. The maximum absolute atomic E-state index is 9.17. The molecule has 0 aromatic carbocycles. The third-order valence-electron chi connectivity index (χ3n) is 1.69. The van der Waals surface area contributed by atoms with E-state index in [9.17, 15) is 5.11 Å². The molecule has 1 aromatic heterocycles. The van der Waals surface area contributed by atoms with Crippen LogP contribution in [0, 0.1) is 0 Å². The summed E-state index contributed by atoms with van der Waals surface area (Å²) in [7, 11) is 0. The highest BCUT2D eigenvalue weighted by Crippen LogP contribution is 2.12. The number of hydrogen-bond donors (Lipinski definition) is 1. The minimum absolute atomic E-state index is 0.341. The van der Waals surface area contributed by atoms with Crippen molar-refractivity contribution < 1.29 is 5.11 Å². The van der Waals surface area contributed by atoms with E-state index < -0.39 is 6.10 Å². The van der Waals surface area contributed by atoms with Gasteiger partial charge >= 0.3 is 0 Å². The van der Waals surface area contributed by atoms with Gasteiger partial charge in [0.1, 0.15) is 5.82 Å². The Bertz CT molecular complexity index is 214. The molecule has 0 amide bonds. The van der Waals surface area contributed by atoms with Gasteiger partial charge in [-0.05, 0) is 6.92 Å². The van der Waals surface area contributed by atoms with E-state index in [2.05, 4.69) is 9.97 Å². The number of hydrogen-bond acceptors (Lipinski definition) is 3. The normalized spacial score (nSPS) is 13.4. The second-order valence-corrected chi connectivity index (χ2v) is 3.21. The van der Waals surface area contributed by atoms with Crippen LogP contribution in [-0.2, 0) is 0 Å². The Labute approximate surface area is 72.5 Å². The second kappa shape index (κ2) is 3.63. The summed E-state index contributed by atoms with van der Waals surface area (Å²) in [6.07, 6.45) is 2.87. The van der Waals surface area contributed by atoms with E-state index in [-0.39, 0.29) is 0 Å². The SMILES string of the molecule is CC(C)c1ncc(C(C)O)cn1. The molecule has 0 saturated heterocycles. The molecular formula is C9H14N2O. The van der Waals surface area contributed by atoms with Gasteiger partial charge in [-0.3, -0.25) is 0 Å². The van der Waals surface area contributed by atoms with E-state index in [1.807, 2.05) is 13.8 Å². The summed E-state index contributed by atoms with van der Waals surface area (Å²) in [5, 5.41) is 9.17. The van der Waals surface area contributed by atoms with E-state index >= 15 is 0 Å². The maximum atomic E-state index is 9.17. The van der Waals surface area contributed by atoms with Crippen molar-refractivity contribution in [3.63, 3.8) is 0 Å². The number of nitrogens with zero attached hydrogens (tertiary/aromatic N) is 2. The van der Waals surface area contributed by atoms with Gasteiger partial charge in [-0.2, -0.15) is 0 Å². The summed E-state index contributed by atoms with van der Waals surface area (Å²) in [5.41, 5.74) is 0.763. The number of aromatic nitrogens is 2. The molecule has 3 heteroatoms. The van der Waals surface area contributed by atoms with Crippen LogP contribution < -0.4 is 0 Å². The van der Waals surface area contributed by atoms with Crippen molar-refractivity contribution in [2.24, 2.45) is 0 Å². The molecule has 0 aliphatic carbocycles. The lowest BCUT2D eigenvalue weighted by Crippen LogP contribution is -2.00. The summed E-state index contributed by atoms with van der Waals surface area (Å²) < 4.78 is 0. The molecule has 1 N–H and O–H groups in total. The maximum Gasteiger partial charge on any atom is 0.130 e. The first-order chi connectivity index (χ1) is 5.61. The van der Waals surface area contributed by atoms with Crippen LogP contribution in [0.1, 0.15) is 44.2 Å². The van der Waals surface area contributed by atoms with Gasteiger partial charge in [0.05, 0.1) is 6.10 Å². The van der Waals surface area contributed by atoms with Crippen LogP contribution in [0.3, 0.4) is 0 Å². The van der Waals surface area contributed by atoms with Crippen molar-refractivity contribution in [1.29, 1.82) is 0 Å². The average molecular weight is 166 g/mol. The van der Waals surface area contributed by atoms with Gasteiger partial charge in [0.15, 0.2) is 0 Å². The van der Waals surface area contributed by atoms with Crippen molar-refractivity contribution in [3.05, 3.63) is 23.8 Å². The van der Waals surface area contributed by atoms with Crippen LogP contribution >= 0.6 is 0 Å². The summed E-state index contributed by atoms with van der Waals surface area (Å²) in [4.78, 5) is 8.26. The molecular weight excluding hydrogens is 152 g/mol. The molecule has 0 radical (unpaired) electrons. The molecule has 0 fully saturated rings. The third-order valence-corrected chi connectivity index (χ3v) is 1.69. The summed E-state index contributed by atoms with van der Waals surface area (Å²) in [5.74, 6) is 1.16. The molecule has 12 heavy (non-hydrogen) atoms. The highest BCUT2D eigenvalue weighted by atomic mass is 16.3. The zero-order valence-electron chi connectivity index (χ0n) is 7.65. The fourth-order valence-corrected chi connectivity index (χ4v) is 0.862. The van der Waals surface area contributed by atoms with Crippen LogP contribution in [0.2, 0.25) is 0 Å². The van der Waals surface area contributed by atoms with Crippen LogP contribution in [0.15, 0.2) is 12.4 Å². The predicted molar refractivity (Wildman–Crippen MR) is 46.8 cm³/mol. The Morgan fingerprint density at radius 2 is 1.67 bits per heavy atom. The molecule has 0 aliphatic heterocycles. The first-order valence-electron chi connectivity index (χ1n) is 4.11. The largest absolute Gasteiger partial charge is 0.389 e. The summed E-state index contributed by atoms with van der Waals surface area (Å²) in [6.45, 7) is 5.78. The van der Waals surface area contributed by atoms with Gasteiger partial charge in [0, 0.05) is 23.9 Å². The lowest BCUT2D eigenvalue weighted by atomic mass is 10.2. The topological polar surface area (TPSA) is 46.0 Å². The molecule has 1 unspecified atom stereocenters. The Kier molecular flexibility index (Phi) is 2.76. The lowest BCUT2D eigenvalue weighted by molar-refractivity contribution is 0.198.